The van der Waals surface area contributed by atoms with Gasteiger partial charge in [0.1, 0.15) is 0 Å². The highest BCUT2D eigenvalue weighted by molar-refractivity contribution is 5.89. The third-order valence-electron chi connectivity index (χ3n) is 3.86. The van der Waals surface area contributed by atoms with Crippen LogP contribution in [0.5, 0.6) is 0 Å². The van der Waals surface area contributed by atoms with E-state index in [4.69, 9.17) is 0 Å². The lowest BCUT2D eigenvalue weighted by molar-refractivity contribution is 0.248. The molecule has 0 saturated heterocycles. The SMILES string of the molecule is CCN(CC)CCNC(=O)Nc1ccc(-c2ccccc2)cc1. The number of anilines is 1. The Morgan fingerprint density at radius 2 is 1.52 bits per heavy atom. The molecule has 23 heavy (non-hydrogen) atoms. The van der Waals surface area contributed by atoms with Gasteiger partial charge >= 0.3 is 6.03 Å². The molecule has 0 aromatic heterocycles. The molecule has 0 aliphatic heterocycles. The number of hydrogen-bond donors (Lipinski definition) is 2. The van der Waals surface area contributed by atoms with Crippen LogP contribution in [0.4, 0.5) is 10.5 Å². The Hall–Kier alpha value is -2.33. The quantitative estimate of drug-likeness (QED) is 0.816. The highest BCUT2D eigenvalue weighted by Gasteiger charge is 2.03. The van der Waals surface area contributed by atoms with Gasteiger partial charge < -0.3 is 15.5 Å². The minimum Gasteiger partial charge on any atom is -0.337 e. The first-order valence-electron chi connectivity index (χ1n) is 8.15. The van der Waals surface area contributed by atoms with Crippen LogP contribution in [0.3, 0.4) is 0 Å². The van der Waals surface area contributed by atoms with Crippen molar-refractivity contribution in [2.75, 3.05) is 31.5 Å². The number of nitrogens with zero attached hydrogens (tertiary/aromatic N) is 1. The Morgan fingerprint density at radius 1 is 0.913 bits per heavy atom. The molecular weight excluding hydrogens is 286 g/mol. The van der Waals surface area contributed by atoms with Crippen LogP contribution in [0.1, 0.15) is 13.8 Å². The van der Waals surface area contributed by atoms with Gasteiger partial charge in [0, 0.05) is 18.8 Å². The molecule has 4 nitrogen and oxygen atoms in total. The molecule has 0 radical (unpaired) electrons. The first-order chi connectivity index (χ1) is 11.2. The molecule has 0 unspecified atom stereocenters. The second-order valence-corrected chi connectivity index (χ2v) is 5.35. The summed E-state index contributed by atoms with van der Waals surface area (Å²) in [6.07, 6.45) is 0. The van der Waals surface area contributed by atoms with Gasteiger partial charge in [0.25, 0.3) is 0 Å². The Balaban J connectivity index is 1.82. The van der Waals surface area contributed by atoms with Gasteiger partial charge in [-0.25, -0.2) is 4.79 Å². The number of urea groups is 1. The topological polar surface area (TPSA) is 44.4 Å². The van der Waals surface area contributed by atoms with Crippen LogP contribution in [0.15, 0.2) is 54.6 Å². The molecule has 2 aromatic rings. The zero-order valence-electron chi connectivity index (χ0n) is 13.9. The third-order valence-corrected chi connectivity index (χ3v) is 3.86. The summed E-state index contributed by atoms with van der Waals surface area (Å²) in [4.78, 5) is 14.2. The summed E-state index contributed by atoms with van der Waals surface area (Å²) >= 11 is 0. The van der Waals surface area contributed by atoms with Gasteiger partial charge in [-0.2, -0.15) is 0 Å². The number of carbonyl (C=O) groups is 1. The fourth-order valence-corrected chi connectivity index (χ4v) is 2.42. The number of amides is 2. The molecule has 2 N–H and O–H groups in total. The number of nitrogens with one attached hydrogen (secondary N) is 2. The Morgan fingerprint density at radius 3 is 2.13 bits per heavy atom. The normalized spacial score (nSPS) is 10.6. The summed E-state index contributed by atoms with van der Waals surface area (Å²) < 4.78 is 0. The molecule has 2 amide bonds. The van der Waals surface area contributed by atoms with Gasteiger partial charge in [-0.1, -0.05) is 56.3 Å². The van der Waals surface area contributed by atoms with E-state index >= 15 is 0 Å². The van der Waals surface area contributed by atoms with Crippen molar-refractivity contribution in [1.29, 1.82) is 0 Å². The molecule has 122 valence electrons. The van der Waals surface area contributed by atoms with E-state index in [9.17, 15) is 4.79 Å². The minimum atomic E-state index is -0.162. The maximum Gasteiger partial charge on any atom is 0.319 e. The van der Waals surface area contributed by atoms with Crippen LogP contribution in [0.2, 0.25) is 0 Å². The van der Waals surface area contributed by atoms with Crippen molar-refractivity contribution in [2.24, 2.45) is 0 Å². The van der Waals surface area contributed by atoms with Crippen LogP contribution in [0, 0.1) is 0 Å². The molecule has 0 aliphatic carbocycles. The minimum absolute atomic E-state index is 0.162. The zero-order valence-corrected chi connectivity index (χ0v) is 13.9. The van der Waals surface area contributed by atoms with Gasteiger partial charge in [-0.15, -0.1) is 0 Å². The molecular formula is C19H25N3O. The van der Waals surface area contributed by atoms with Crippen molar-refractivity contribution < 1.29 is 4.79 Å². The average molecular weight is 311 g/mol. The van der Waals surface area contributed by atoms with E-state index in [1.165, 1.54) is 5.56 Å². The molecule has 0 aliphatic rings. The van der Waals surface area contributed by atoms with Gasteiger partial charge in [0.15, 0.2) is 0 Å². The van der Waals surface area contributed by atoms with E-state index in [0.29, 0.717) is 6.54 Å². The lowest BCUT2D eigenvalue weighted by atomic mass is 10.1. The van der Waals surface area contributed by atoms with E-state index in [1.807, 2.05) is 42.5 Å². The monoisotopic (exact) mass is 311 g/mol. The fraction of sp³-hybridized carbons (Fsp3) is 0.316. The summed E-state index contributed by atoms with van der Waals surface area (Å²) in [6.45, 7) is 7.76. The number of carbonyl (C=O) groups excluding carboxylic acids is 1. The first-order valence-corrected chi connectivity index (χ1v) is 8.15. The molecule has 0 bridgehead atoms. The maximum atomic E-state index is 11.9. The predicted octanol–water partition coefficient (Wildman–Crippen LogP) is 3.82. The molecule has 0 saturated carbocycles. The third kappa shape index (κ3) is 5.42. The van der Waals surface area contributed by atoms with Gasteiger partial charge in [-0.05, 0) is 36.3 Å². The van der Waals surface area contributed by atoms with E-state index in [1.54, 1.807) is 0 Å². The van der Waals surface area contributed by atoms with Gasteiger partial charge in [0.05, 0.1) is 0 Å². The second kappa shape index (κ2) is 8.96. The van der Waals surface area contributed by atoms with E-state index in [-0.39, 0.29) is 6.03 Å². The number of hydrogen-bond acceptors (Lipinski definition) is 2. The lowest BCUT2D eigenvalue weighted by Crippen LogP contribution is -2.36. The predicted molar refractivity (Wildman–Crippen MR) is 96.7 cm³/mol. The van der Waals surface area contributed by atoms with Crippen LogP contribution >= 0.6 is 0 Å². The average Bonchev–Trinajstić information content (AvgIpc) is 2.60. The van der Waals surface area contributed by atoms with Crippen molar-refractivity contribution in [3.63, 3.8) is 0 Å². The Labute approximate surface area is 138 Å². The molecule has 2 rings (SSSR count). The molecule has 0 heterocycles. The lowest BCUT2D eigenvalue weighted by Gasteiger charge is -2.18. The summed E-state index contributed by atoms with van der Waals surface area (Å²) in [5.74, 6) is 0. The zero-order chi connectivity index (χ0) is 16.5. The summed E-state index contributed by atoms with van der Waals surface area (Å²) in [7, 11) is 0. The molecule has 0 fully saturated rings. The van der Waals surface area contributed by atoms with Crippen LogP contribution in [0.25, 0.3) is 11.1 Å². The number of rotatable bonds is 7. The number of benzene rings is 2. The standard InChI is InChI=1S/C19H25N3O/c1-3-22(4-2)15-14-20-19(23)21-18-12-10-17(11-13-18)16-8-6-5-7-9-16/h5-13H,3-4,14-15H2,1-2H3,(H2,20,21,23). The van der Waals surface area contributed by atoms with Gasteiger partial charge in [-0.3, -0.25) is 0 Å². The summed E-state index contributed by atoms with van der Waals surface area (Å²) in [5.41, 5.74) is 3.10. The molecule has 2 aromatic carbocycles. The Kier molecular flexibility index (Phi) is 6.63. The molecule has 0 spiro atoms. The maximum absolute atomic E-state index is 11.9. The summed E-state index contributed by atoms with van der Waals surface area (Å²) in [5, 5.41) is 5.75. The fourth-order valence-electron chi connectivity index (χ4n) is 2.42. The van der Waals surface area contributed by atoms with Crippen LogP contribution in [-0.4, -0.2) is 37.1 Å². The van der Waals surface area contributed by atoms with Crippen molar-refractivity contribution in [2.45, 2.75) is 13.8 Å². The van der Waals surface area contributed by atoms with E-state index in [2.05, 4.69) is 41.5 Å². The van der Waals surface area contributed by atoms with Crippen LogP contribution < -0.4 is 10.6 Å². The van der Waals surface area contributed by atoms with Crippen molar-refractivity contribution >= 4 is 11.7 Å². The van der Waals surface area contributed by atoms with Crippen LogP contribution in [-0.2, 0) is 0 Å². The van der Waals surface area contributed by atoms with E-state index < -0.39 is 0 Å². The van der Waals surface area contributed by atoms with Crippen molar-refractivity contribution in [3.8, 4) is 11.1 Å². The van der Waals surface area contributed by atoms with Gasteiger partial charge in [0.2, 0.25) is 0 Å². The second-order valence-electron chi connectivity index (χ2n) is 5.35. The highest BCUT2D eigenvalue weighted by atomic mass is 16.2. The Bertz CT molecular complexity index is 592. The smallest absolute Gasteiger partial charge is 0.319 e. The van der Waals surface area contributed by atoms with E-state index in [0.717, 1.165) is 30.9 Å². The number of likely N-dealkylation sites (N-methyl/N-ethyl adjacent to an activating group) is 1. The molecule has 4 heteroatoms. The largest absolute Gasteiger partial charge is 0.337 e. The first kappa shape index (κ1) is 17.0. The molecule has 0 atom stereocenters. The van der Waals surface area contributed by atoms with Crippen molar-refractivity contribution in [1.82, 2.24) is 10.2 Å². The summed E-state index contributed by atoms with van der Waals surface area (Å²) in [6, 6.07) is 17.9. The highest BCUT2D eigenvalue weighted by Crippen LogP contribution is 2.20. The van der Waals surface area contributed by atoms with Crippen molar-refractivity contribution in [3.05, 3.63) is 54.6 Å².